The van der Waals surface area contributed by atoms with Gasteiger partial charge >= 0.3 is 12.1 Å². The van der Waals surface area contributed by atoms with Gasteiger partial charge in [-0.15, -0.1) is 0 Å². The summed E-state index contributed by atoms with van der Waals surface area (Å²) in [5.74, 6) is -1.09. The first-order valence-electron chi connectivity index (χ1n) is 5.89. The lowest BCUT2D eigenvalue weighted by atomic mass is 10.1. The Kier molecular flexibility index (Phi) is 3.28. The fourth-order valence-corrected chi connectivity index (χ4v) is 2.16. The molecule has 19 heavy (non-hydrogen) atoms. The molecule has 0 saturated heterocycles. The number of carbonyl (C=O) groups is 2. The summed E-state index contributed by atoms with van der Waals surface area (Å²) in [6.07, 6.45) is 0.468. The molecule has 0 spiro atoms. The maximum atomic E-state index is 11.2. The number of amides is 1. The molecule has 0 radical (unpaired) electrons. The minimum Gasteiger partial charge on any atom is -0.478 e. The van der Waals surface area contributed by atoms with Crippen LogP contribution in [0.2, 0.25) is 0 Å². The number of hydrogen-bond donors (Lipinski definition) is 2. The van der Waals surface area contributed by atoms with Gasteiger partial charge in [0.15, 0.2) is 0 Å². The summed E-state index contributed by atoms with van der Waals surface area (Å²) >= 11 is 0. The number of carboxylic acids is 1. The summed E-state index contributed by atoms with van der Waals surface area (Å²) in [6.45, 7) is 3.85. The van der Waals surface area contributed by atoms with Gasteiger partial charge in [0, 0.05) is 17.8 Å². The molecule has 7 heteroatoms. The van der Waals surface area contributed by atoms with E-state index in [0.29, 0.717) is 11.3 Å². The number of carboxylic acid groups (broad SMARTS) is 2. The van der Waals surface area contributed by atoms with Crippen LogP contribution in [-0.4, -0.2) is 50.0 Å². The van der Waals surface area contributed by atoms with Crippen LogP contribution in [0, 0.1) is 0 Å². The fourth-order valence-electron chi connectivity index (χ4n) is 2.16. The van der Waals surface area contributed by atoms with E-state index in [4.69, 9.17) is 5.11 Å². The van der Waals surface area contributed by atoms with Crippen molar-refractivity contribution >= 4 is 17.6 Å². The van der Waals surface area contributed by atoms with Crippen molar-refractivity contribution < 1.29 is 19.8 Å². The summed E-state index contributed by atoms with van der Waals surface area (Å²) in [6, 6.07) is 1.79. The second-order valence-electron chi connectivity index (χ2n) is 4.66. The molecule has 102 valence electrons. The molecule has 0 aliphatic carbocycles. The molecule has 1 aromatic heterocycles. The van der Waals surface area contributed by atoms with Gasteiger partial charge in [0.25, 0.3) is 0 Å². The van der Waals surface area contributed by atoms with Gasteiger partial charge in [-0.2, -0.15) is 5.10 Å². The number of hydrogen-bond acceptors (Lipinski definition) is 3. The molecule has 0 fully saturated rings. The average molecular weight is 265 g/mol. The zero-order chi connectivity index (χ0) is 14.2. The van der Waals surface area contributed by atoms with Gasteiger partial charge in [-0.3, -0.25) is 9.58 Å². The number of aliphatic carboxylic acids is 1. The standard InChI is InChI=1S/C12H15N3O4/c1-7(2)15-10(3-4-13-15)8-5-14(12(18)19)6-9(8)11(16)17/h3-4,7H,5-6H2,1-2H3,(H,16,17)(H,18,19). The first-order chi connectivity index (χ1) is 8.91. The van der Waals surface area contributed by atoms with Crippen LogP contribution in [0.25, 0.3) is 5.57 Å². The van der Waals surface area contributed by atoms with Crippen LogP contribution in [0.5, 0.6) is 0 Å². The predicted octanol–water partition coefficient (Wildman–Crippen LogP) is 1.30. The van der Waals surface area contributed by atoms with Crippen LogP contribution in [0.1, 0.15) is 25.6 Å². The van der Waals surface area contributed by atoms with E-state index in [9.17, 15) is 14.7 Å². The highest BCUT2D eigenvalue weighted by Gasteiger charge is 2.31. The first kappa shape index (κ1) is 13.1. The minimum absolute atomic E-state index is 0.0754. The van der Waals surface area contributed by atoms with Crippen LogP contribution in [0.4, 0.5) is 4.79 Å². The molecule has 2 heterocycles. The molecule has 7 nitrogen and oxygen atoms in total. The van der Waals surface area contributed by atoms with Crippen molar-refractivity contribution in [2.24, 2.45) is 0 Å². The molecule has 1 aromatic rings. The lowest BCUT2D eigenvalue weighted by Gasteiger charge is -2.14. The Morgan fingerprint density at radius 2 is 2.00 bits per heavy atom. The zero-order valence-electron chi connectivity index (χ0n) is 10.7. The van der Waals surface area contributed by atoms with E-state index >= 15 is 0 Å². The highest BCUT2D eigenvalue weighted by atomic mass is 16.4. The van der Waals surface area contributed by atoms with E-state index in [1.54, 1.807) is 16.9 Å². The van der Waals surface area contributed by atoms with E-state index in [-0.39, 0.29) is 24.7 Å². The smallest absolute Gasteiger partial charge is 0.407 e. The van der Waals surface area contributed by atoms with Crippen molar-refractivity contribution in [3.8, 4) is 0 Å². The highest BCUT2D eigenvalue weighted by molar-refractivity contribution is 5.99. The van der Waals surface area contributed by atoms with Gasteiger partial charge in [0.2, 0.25) is 0 Å². The Balaban J connectivity index is 2.45. The molecule has 0 unspecified atom stereocenters. The van der Waals surface area contributed by atoms with Crippen LogP contribution >= 0.6 is 0 Å². The molecule has 0 bridgehead atoms. The summed E-state index contributed by atoms with van der Waals surface area (Å²) < 4.78 is 1.70. The molecular formula is C12H15N3O4. The maximum Gasteiger partial charge on any atom is 0.407 e. The van der Waals surface area contributed by atoms with Crippen LogP contribution in [0.3, 0.4) is 0 Å². The van der Waals surface area contributed by atoms with Crippen LogP contribution < -0.4 is 0 Å². The molecular weight excluding hydrogens is 250 g/mol. The Hall–Kier alpha value is -2.31. The lowest BCUT2D eigenvalue weighted by Crippen LogP contribution is -2.28. The molecule has 1 aliphatic heterocycles. The summed E-state index contributed by atoms with van der Waals surface area (Å²) in [5.41, 5.74) is 1.29. The highest BCUT2D eigenvalue weighted by Crippen LogP contribution is 2.28. The molecule has 0 saturated carbocycles. The Morgan fingerprint density at radius 3 is 2.53 bits per heavy atom. The Labute approximate surface area is 109 Å². The second-order valence-corrected chi connectivity index (χ2v) is 4.66. The van der Waals surface area contributed by atoms with Gasteiger partial charge in [-0.05, 0) is 19.9 Å². The van der Waals surface area contributed by atoms with Gasteiger partial charge in [0.1, 0.15) is 0 Å². The third-order valence-electron chi connectivity index (χ3n) is 3.06. The van der Waals surface area contributed by atoms with Crippen molar-refractivity contribution in [2.75, 3.05) is 13.1 Å². The number of rotatable bonds is 3. The fraction of sp³-hybridized carbons (Fsp3) is 0.417. The molecule has 0 atom stereocenters. The van der Waals surface area contributed by atoms with Gasteiger partial charge in [-0.1, -0.05) is 0 Å². The van der Waals surface area contributed by atoms with E-state index in [1.807, 2.05) is 13.8 Å². The van der Waals surface area contributed by atoms with Crippen molar-refractivity contribution in [3.63, 3.8) is 0 Å². The quantitative estimate of drug-likeness (QED) is 0.858. The monoisotopic (exact) mass is 265 g/mol. The Bertz CT molecular complexity index is 559. The third kappa shape index (κ3) is 2.31. The SMILES string of the molecule is CC(C)n1nccc1C1=C(C(=O)O)CN(C(=O)O)C1. The van der Waals surface area contributed by atoms with Crippen molar-refractivity contribution in [1.82, 2.24) is 14.7 Å². The molecule has 1 amide bonds. The van der Waals surface area contributed by atoms with E-state index in [0.717, 1.165) is 4.90 Å². The minimum atomic E-state index is -1.12. The van der Waals surface area contributed by atoms with Gasteiger partial charge < -0.3 is 10.2 Å². The molecule has 2 N–H and O–H groups in total. The third-order valence-corrected chi connectivity index (χ3v) is 3.06. The number of aromatic nitrogens is 2. The molecule has 2 rings (SSSR count). The molecule has 1 aliphatic rings. The van der Waals surface area contributed by atoms with E-state index in [1.165, 1.54) is 0 Å². The summed E-state index contributed by atoms with van der Waals surface area (Å²) in [4.78, 5) is 23.3. The Morgan fingerprint density at radius 1 is 1.32 bits per heavy atom. The predicted molar refractivity (Wildman–Crippen MR) is 66.8 cm³/mol. The summed E-state index contributed by atoms with van der Waals surface area (Å²) in [7, 11) is 0. The van der Waals surface area contributed by atoms with E-state index < -0.39 is 12.1 Å². The van der Waals surface area contributed by atoms with Gasteiger partial charge in [0.05, 0.1) is 24.4 Å². The van der Waals surface area contributed by atoms with Crippen LogP contribution in [-0.2, 0) is 4.79 Å². The first-order valence-corrected chi connectivity index (χ1v) is 5.89. The van der Waals surface area contributed by atoms with Crippen molar-refractivity contribution in [3.05, 3.63) is 23.5 Å². The van der Waals surface area contributed by atoms with Crippen molar-refractivity contribution in [1.29, 1.82) is 0 Å². The average Bonchev–Trinajstić information content (AvgIpc) is 2.95. The topological polar surface area (TPSA) is 95.7 Å². The summed E-state index contributed by atoms with van der Waals surface area (Å²) in [5, 5.41) is 22.3. The number of nitrogens with zero attached hydrogens (tertiary/aromatic N) is 3. The second kappa shape index (κ2) is 4.75. The zero-order valence-corrected chi connectivity index (χ0v) is 10.7. The van der Waals surface area contributed by atoms with Gasteiger partial charge in [-0.25, -0.2) is 9.59 Å². The van der Waals surface area contributed by atoms with E-state index in [2.05, 4.69) is 5.10 Å². The van der Waals surface area contributed by atoms with Crippen molar-refractivity contribution in [2.45, 2.75) is 19.9 Å². The molecule has 0 aromatic carbocycles. The normalized spacial score (nSPS) is 15.4. The largest absolute Gasteiger partial charge is 0.478 e. The maximum absolute atomic E-state index is 11.2. The lowest BCUT2D eigenvalue weighted by molar-refractivity contribution is -0.132. The van der Waals surface area contributed by atoms with Crippen LogP contribution in [0.15, 0.2) is 17.8 Å².